The second-order valence-corrected chi connectivity index (χ2v) is 5.36. The summed E-state index contributed by atoms with van der Waals surface area (Å²) in [5, 5.41) is 3.22. The van der Waals surface area contributed by atoms with E-state index in [1.807, 2.05) is 7.05 Å². The van der Waals surface area contributed by atoms with E-state index in [1.54, 1.807) is 0 Å². The van der Waals surface area contributed by atoms with Crippen LogP contribution in [0.5, 0.6) is 0 Å². The van der Waals surface area contributed by atoms with Gasteiger partial charge in [0.05, 0.1) is 0 Å². The first kappa shape index (κ1) is 12.9. The van der Waals surface area contributed by atoms with Crippen molar-refractivity contribution in [3.63, 3.8) is 0 Å². The molecular weight excluding hydrogens is 160 g/mol. The van der Waals surface area contributed by atoms with Crippen molar-refractivity contribution in [2.45, 2.75) is 40.7 Å². The van der Waals surface area contributed by atoms with Crippen LogP contribution >= 0.6 is 0 Å². The summed E-state index contributed by atoms with van der Waals surface area (Å²) < 4.78 is 0. The highest BCUT2D eigenvalue weighted by atomic mass is 14.8. The van der Waals surface area contributed by atoms with Crippen LogP contribution in [0.25, 0.3) is 0 Å². The quantitative estimate of drug-likeness (QED) is 0.703. The Morgan fingerprint density at radius 1 is 1.23 bits per heavy atom. The molecular formula is C11H26N2. The molecule has 0 fully saturated rings. The maximum absolute atomic E-state index is 6.24. The summed E-state index contributed by atoms with van der Waals surface area (Å²) in [5.41, 5.74) is 6.44. The van der Waals surface area contributed by atoms with Gasteiger partial charge in [0.1, 0.15) is 0 Å². The molecule has 2 nitrogen and oxygen atoms in total. The monoisotopic (exact) mass is 186 g/mol. The van der Waals surface area contributed by atoms with Crippen LogP contribution in [0.1, 0.15) is 34.6 Å². The van der Waals surface area contributed by atoms with Crippen molar-refractivity contribution in [1.29, 1.82) is 0 Å². The third-order valence-corrected chi connectivity index (χ3v) is 2.76. The zero-order valence-corrected chi connectivity index (χ0v) is 10.0. The highest BCUT2D eigenvalue weighted by molar-refractivity contribution is 4.86. The van der Waals surface area contributed by atoms with Crippen molar-refractivity contribution < 1.29 is 0 Å². The highest BCUT2D eigenvalue weighted by Gasteiger charge is 2.30. The second kappa shape index (κ2) is 4.97. The Bertz CT molecular complexity index is 136. The van der Waals surface area contributed by atoms with Crippen LogP contribution in [0.4, 0.5) is 0 Å². The van der Waals surface area contributed by atoms with Gasteiger partial charge in [0, 0.05) is 6.04 Å². The third-order valence-electron chi connectivity index (χ3n) is 2.76. The number of nitrogens with two attached hydrogens (primary N) is 1. The SMILES string of the molecule is CNCC(C(C)C)C(N)C(C)(C)C. The fourth-order valence-corrected chi connectivity index (χ4v) is 1.66. The minimum atomic E-state index is 0.200. The van der Waals surface area contributed by atoms with Crippen LogP contribution in [-0.4, -0.2) is 19.6 Å². The van der Waals surface area contributed by atoms with Crippen LogP contribution in [0, 0.1) is 17.3 Å². The molecule has 0 aromatic heterocycles. The molecule has 0 radical (unpaired) electrons. The molecule has 0 aromatic rings. The zero-order valence-electron chi connectivity index (χ0n) is 10.0. The molecule has 0 aromatic carbocycles. The van der Waals surface area contributed by atoms with Gasteiger partial charge in [0.25, 0.3) is 0 Å². The zero-order chi connectivity index (χ0) is 10.6. The molecule has 0 spiro atoms. The highest BCUT2D eigenvalue weighted by Crippen LogP contribution is 2.27. The first-order valence-electron chi connectivity index (χ1n) is 5.21. The average molecular weight is 186 g/mol. The number of hydrogen-bond acceptors (Lipinski definition) is 2. The lowest BCUT2D eigenvalue weighted by molar-refractivity contribution is 0.192. The molecule has 0 heterocycles. The third kappa shape index (κ3) is 4.10. The lowest BCUT2D eigenvalue weighted by Crippen LogP contribution is -2.47. The molecule has 0 aliphatic rings. The average Bonchev–Trinajstić information content (AvgIpc) is 1.96. The predicted molar refractivity (Wildman–Crippen MR) is 59.7 cm³/mol. The van der Waals surface area contributed by atoms with E-state index in [0.717, 1.165) is 6.54 Å². The van der Waals surface area contributed by atoms with Crippen LogP contribution in [0.3, 0.4) is 0 Å². The smallest absolute Gasteiger partial charge is 0.0131 e. The molecule has 0 aliphatic heterocycles. The Balaban J connectivity index is 4.36. The van der Waals surface area contributed by atoms with Gasteiger partial charge < -0.3 is 11.1 Å². The van der Waals surface area contributed by atoms with Gasteiger partial charge in [-0.05, 0) is 30.8 Å². The van der Waals surface area contributed by atoms with Gasteiger partial charge in [-0.3, -0.25) is 0 Å². The van der Waals surface area contributed by atoms with Crippen LogP contribution in [0.2, 0.25) is 0 Å². The lowest BCUT2D eigenvalue weighted by Gasteiger charge is -2.36. The summed E-state index contributed by atoms with van der Waals surface area (Å²) in [6.45, 7) is 12.1. The van der Waals surface area contributed by atoms with Gasteiger partial charge in [-0.1, -0.05) is 34.6 Å². The van der Waals surface area contributed by atoms with Gasteiger partial charge in [-0.2, -0.15) is 0 Å². The molecule has 0 rings (SSSR count). The lowest BCUT2D eigenvalue weighted by atomic mass is 9.75. The summed E-state index contributed by atoms with van der Waals surface area (Å²) in [6.07, 6.45) is 0. The summed E-state index contributed by atoms with van der Waals surface area (Å²) in [7, 11) is 1.99. The number of hydrogen-bond donors (Lipinski definition) is 2. The van der Waals surface area contributed by atoms with Crippen molar-refractivity contribution in [3.8, 4) is 0 Å². The summed E-state index contributed by atoms with van der Waals surface area (Å²) in [4.78, 5) is 0. The Kier molecular flexibility index (Phi) is 4.93. The molecule has 0 bridgehead atoms. The largest absolute Gasteiger partial charge is 0.327 e. The molecule has 0 amide bonds. The van der Waals surface area contributed by atoms with E-state index < -0.39 is 0 Å². The van der Waals surface area contributed by atoms with E-state index in [-0.39, 0.29) is 11.5 Å². The molecule has 2 heteroatoms. The van der Waals surface area contributed by atoms with Crippen LogP contribution in [-0.2, 0) is 0 Å². The molecule has 2 atom stereocenters. The van der Waals surface area contributed by atoms with Gasteiger partial charge in [-0.25, -0.2) is 0 Å². The fourth-order valence-electron chi connectivity index (χ4n) is 1.66. The van der Waals surface area contributed by atoms with Crippen molar-refractivity contribution >= 4 is 0 Å². The van der Waals surface area contributed by atoms with E-state index in [0.29, 0.717) is 11.8 Å². The van der Waals surface area contributed by atoms with E-state index in [1.165, 1.54) is 0 Å². The molecule has 0 saturated carbocycles. The van der Waals surface area contributed by atoms with Gasteiger partial charge in [0.15, 0.2) is 0 Å². The molecule has 0 saturated heterocycles. The van der Waals surface area contributed by atoms with Gasteiger partial charge in [-0.15, -0.1) is 0 Å². The maximum atomic E-state index is 6.24. The van der Waals surface area contributed by atoms with Crippen molar-refractivity contribution in [3.05, 3.63) is 0 Å². The second-order valence-electron chi connectivity index (χ2n) is 5.36. The van der Waals surface area contributed by atoms with Crippen molar-refractivity contribution in [2.24, 2.45) is 23.0 Å². The Labute approximate surface area is 83.3 Å². The van der Waals surface area contributed by atoms with E-state index in [4.69, 9.17) is 5.73 Å². The van der Waals surface area contributed by atoms with E-state index >= 15 is 0 Å². The first-order chi connectivity index (χ1) is 5.80. The minimum absolute atomic E-state index is 0.200. The summed E-state index contributed by atoms with van der Waals surface area (Å²) in [5.74, 6) is 1.20. The number of rotatable bonds is 4. The summed E-state index contributed by atoms with van der Waals surface area (Å²) >= 11 is 0. The van der Waals surface area contributed by atoms with Crippen molar-refractivity contribution in [2.75, 3.05) is 13.6 Å². The predicted octanol–water partition coefficient (Wildman–Crippen LogP) is 1.85. The molecule has 0 aliphatic carbocycles. The van der Waals surface area contributed by atoms with Crippen LogP contribution < -0.4 is 11.1 Å². The fraction of sp³-hybridized carbons (Fsp3) is 1.00. The topological polar surface area (TPSA) is 38.0 Å². The van der Waals surface area contributed by atoms with E-state index in [9.17, 15) is 0 Å². The number of nitrogens with one attached hydrogen (secondary N) is 1. The molecule has 2 unspecified atom stereocenters. The van der Waals surface area contributed by atoms with Crippen molar-refractivity contribution in [1.82, 2.24) is 5.32 Å². The van der Waals surface area contributed by atoms with Gasteiger partial charge >= 0.3 is 0 Å². The Morgan fingerprint density at radius 3 is 1.92 bits per heavy atom. The standard InChI is InChI=1S/C11H26N2/c1-8(2)9(7-13-6)10(12)11(3,4)5/h8-10,13H,7,12H2,1-6H3. The van der Waals surface area contributed by atoms with Gasteiger partial charge in [0.2, 0.25) is 0 Å². The molecule has 80 valence electrons. The normalized spacial score (nSPS) is 17.5. The van der Waals surface area contributed by atoms with E-state index in [2.05, 4.69) is 39.9 Å². The first-order valence-corrected chi connectivity index (χ1v) is 5.21. The Morgan fingerprint density at radius 2 is 1.69 bits per heavy atom. The molecule has 13 heavy (non-hydrogen) atoms. The summed E-state index contributed by atoms with van der Waals surface area (Å²) in [6, 6.07) is 0.264. The Hall–Kier alpha value is -0.0800. The molecule has 3 N–H and O–H groups in total. The minimum Gasteiger partial charge on any atom is -0.327 e. The maximum Gasteiger partial charge on any atom is 0.0131 e. The van der Waals surface area contributed by atoms with Crippen LogP contribution in [0.15, 0.2) is 0 Å².